The second kappa shape index (κ2) is 7.23. The minimum Gasteiger partial charge on any atom is -0.387 e. The summed E-state index contributed by atoms with van der Waals surface area (Å²) >= 11 is 0. The van der Waals surface area contributed by atoms with Gasteiger partial charge in [0.15, 0.2) is 0 Å². The van der Waals surface area contributed by atoms with Gasteiger partial charge in [0.25, 0.3) is 10.2 Å². The molecule has 5 rings (SSSR count). The summed E-state index contributed by atoms with van der Waals surface area (Å²) in [6.45, 7) is 2.41. The summed E-state index contributed by atoms with van der Waals surface area (Å²) in [6, 6.07) is 8.62. The average Bonchev–Trinajstić information content (AvgIpc) is 3.08. The first-order chi connectivity index (χ1) is 14.7. The topological polar surface area (TPSA) is 65.8 Å². The van der Waals surface area contributed by atoms with Crippen LogP contribution in [0.25, 0.3) is 21.8 Å². The number of rotatable bonds is 5. The zero-order valence-electron chi connectivity index (χ0n) is 17.3. The number of halogens is 2. The Morgan fingerprint density at radius 3 is 2.10 bits per heavy atom. The molecule has 2 heterocycles. The van der Waals surface area contributed by atoms with E-state index in [4.69, 9.17) is 0 Å². The van der Waals surface area contributed by atoms with Gasteiger partial charge >= 0.3 is 0 Å². The van der Waals surface area contributed by atoms with Crippen LogP contribution < -0.4 is 0 Å². The zero-order valence-corrected chi connectivity index (χ0v) is 18.1. The van der Waals surface area contributed by atoms with E-state index in [1.54, 1.807) is 27.9 Å². The van der Waals surface area contributed by atoms with E-state index in [0.29, 0.717) is 34.9 Å². The maximum absolute atomic E-state index is 13.9. The summed E-state index contributed by atoms with van der Waals surface area (Å²) in [5.41, 5.74) is -0.0741. The molecule has 166 valence electrons. The monoisotopic (exact) mass is 449 g/mol. The molecule has 9 heteroatoms. The third kappa shape index (κ3) is 3.53. The SMILES string of the molecule is CC(O)(CN1CCN(C2CCC2)S1(=O)=O)Cn1c2ccc(F)cc2c2cc(F)ccc21. The lowest BCUT2D eigenvalue weighted by atomic mass is 9.93. The molecule has 1 atom stereocenters. The number of aromatic nitrogens is 1. The van der Waals surface area contributed by atoms with E-state index in [2.05, 4.69) is 0 Å². The number of hydrogen-bond acceptors (Lipinski definition) is 3. The van der Waals surface area contributed by atoms with E-state index in [9.17, 15) is 22.3 Å². The number of aliphatic hydroxyl groups is 1. The molecule has 0 spiro atoms. The number of β-amino-alcohol motifs (C(OH)–C–C–N with tert-alkyl or cyclic N) is 1. The van der Waals surface area contributed by atoms with Crippen LogP contribution >= 0.6 is 0 Å². The van der Waals surface area contributed by atoms with Gasteiger partial charge in [0.1, 0.15) is 11.6 Å². The van der Waals surface area contributed by atoms with Crippen LogP contribution in [0.5, 0.6) is 0 Å². The number of benzene rings is 2. The van der Waals surface area contributed by atoms with Crippen LogP contribution in [-0.4, -0.2) is 58.0 Å². The predicted octanol–water partition coefficient (Wildman–Crippen LogP) is 3.24. The van der Waals surface area contributed by atoms with Crippen LogP contribution in [0.3, 0.4) is 0 Å². The summed E-state index contributed by atoms with van der Waals surface area (Å²) in [5, 5.41) is 12.3. The predicted molar refractivity (Wildman–Crippen MR) is 115 cm³/mol. The minimum absolute atomic E-state index is 0.0535. The van der Waals surface area contributed by atoms with E-state index < -0.39 is 27.4 Å². The van der Waals surface area contributed by atoms with E-state index >= 15 is 0 Å². The molecular weight excluding hydrogens is 424 g/mol. The molecule has 1 N–H and O–H groups in total. The Balaban J connectivity index is 1.47. The van der Waals surface area contributed by atoms with Crippen molar-refractivity contribution >= 4 is 32.0 Å². The molecule has 2 fully saturated rings. The smallest absolute Gasteiger partial charge is 0.282 e. The summed E-state index contributed by atoms with van der Waals surface area (Å²) in [5.74, 6) is -0.858. The highest BCUT2D eigenvalue weighted by atomic mass is 32.2. The lowest BCUT2D eigenvalue weighted by Gasteiger charge is -2.34. The van der Waals surface area contributed by atoms with Gasteiger partial charge in [0.2, 0.25) is 0 Å². The average molecular weight is 450 g/mol. The zero-order chi connectivity index (χ0) is 22.0. The van der Waals surface area contributed by atoms with Crippen molar-refractivity contribution in [2.45, 2.75) is 44.4 Å². The van der Waals surface area contributed by atoms with Gasteiger partial charge in [-0.2, -0.15) is 17.0 Å². The van der Waals surface area contributed by atoms with E-state index in [1.807, 2.05) is 0 Å². The van der Waals surface area contributed by atoms with Crippen molar-refractivity contribution in [1.29, 1.82) is 0 Å². The first-order valence-corrected chi connectivity index (χ1v) is 11.9. The highest BCUT2D eigenvalue weighted by molar-refractivity contribution is 7.87. The standard InChI is InChI=1S/C22H25F2N3O3S/c1-22(28,13-25-9-10-27(31(25,29)30)17-3-2-4-17)14-26-20-7-5-15(23)11-18(20)19-12-16(24)6-8-21(19)26/h5-8,11-12,17,28H,2-4,9-10,13-14H2,1H3. The number of hydrogen-bond donors (Lipinski definition) is 1. The van der Waals surface area contributed by atoms with Crippen molar-refractivity contribution in [3.8, 4) is 0 Å². The molecule has 2 aromatic carbocycles. The van der Waals surface area contributed by atoms with Crippen molar-refractivity contribution in [2.24, 2.45) is 0 Å². The van der Waals surface area contributed by atoms with Crippen molar-refractivity contribution in [3.05, 3.63) is 48.0 Å². The maximum Gasteiger partial charge on any atom is 0.282 e. The number of nitrogens with zero attached hydrogens (tertiary/aromatic N) is 3. The van der Waals surface area contributed by atoms with Gasteiger partial charge in [-0.3, -0.25) is 0 Å². The Morgan fingerprint density at radius 1 is 1.00 bits per heavy atom. The molecule has 0 bridgehead atoms. The highest BCUT2D eigenvalue weighted by Gasteiger charge is 2.44. The van der Waals surface area contributed by atoms with Crippen molar-refractivity contribution in [1.82, 2.24) is 13.2 Å². The fourth-order valence-electron chi connectivity index (χ4n) is 4.78. The second-order valence-electron chi connectivity index (χ2n) is 8.94. The molecule has 1 aromatic heterocycles. The summed E-state index contributed by atoms with van der Waals surface area (Å²) in [6.07, 6.45) is 2.82. The first-order valence-electron chi connectivity index (χ1n) is 10.5. The maximum atomic E-state index is 13.9. The van der Waals surface area contributed by atoms with Crippen LogP contribution in [0.2, 0.25) is 0 Å². The molecule has 2 aliphatic rings. The van der Waals surface area contributed by atoms with Gasteiger partial charge in [0.05, 0.1) is 12.1 Å². The Labute approximate surface area is 179 Å². The Hall–Kier alpha value is -2.07. The fraction of sp³-hybridized carbons (Fsp3) is 0.455. The minimum atomic E-state index is -3.60. The van der Waals surface area contributed by atoms with Gasteiger partial charge in [-0.15, -0.1) is 0 Å². The molecule has 31 heavy (non-hydrogen) atoms. The Kier molecular flexibility index (Phi) is 4.85. The quantitative estimate of drug-likeness (QED) is 0.651. The summed E-state index contributed by atoms with van der Waals surface area (Å²) < 4.78 is 58.4. The van der Waals surface area contributed by atoms with Gasteiger partial charge in [0, 0.05) is 47.5 Å². The third-order valence-electron chi connectivity index (χ3n) is 6.48. The lowest BCUT2D eigenvalue weighted by molar-refractivity contribution is 0.0279. The van der Waals surface area contributed by atoms with Crippen LogP contribution in [0, 0.1) is 11.6 Å². The normalized spacial score (nSPS) is 22.2. The molecule has 0 amide bonds. The number of fused-ring (bicyclic) bond motifs is 3. The molecule has 3 aromatic rings. The molecular formula is C22H25F2N3O3S. The Bertz CT molecular complexity index is 1210. The van der Waals surface area contributed by atoms with Crippen molar-refractivity contribution in [2.75, 3.05) is 19.6 Å². The summed E-state index contributed by atoms with van der Waals surface area (Å²) in [7, 11) is -3.60. The largest absolute Gasteiger partial charge is 0.387 e. The van der Waals surface area contributed by atoms with Gasteiger partial charge in [-0.05, 0) is 56.2 Å². The molecule has 0 radical (unpaired) electrons. The summed E-state index contributed by atoms with van der Waals surface area (Å²) in [4.78, 5) is 0. The highest BCUT2D eigenvalue weighted by Crippen LogP contribution is 2.34. The van der Waals surface area contributed by atoms with Crippen LogP contribution in [0.4, 0.5) is 8.78 Å². The fourth-order valence-corrected chi connectivity index (χ4v) is 6.74. The molecule has 1 saturated heterocycles. The van der Waals surface area contributed by atoms with Crippen LogP contribution in [-0.2, 0) is 16.8 Å². The first kappa shape index (κ1) is 20.8. The van der Waals surface area contributed by atoms with Gasteiger partial charge in [-0.1, -0.05) is 6.42 Å². The molecule has 1 aliphatic heterocycles. The third-order valence-corrected chi connectivity index (χ3v) is 8.52. The molecule has 1 aliphatic carbocycles. The van der Waals surface area contributed by atoms with Crippen LogP contribution in [0.15, 0.2) is 36.4 Å². The Morgan fingerprint density at radius 2 is 1.58 bits per heavy atom. The molecule has 1 saturated carbocycles. The van der Waals surface area contributed by atoms with Gasteiger partial charge < -0.3 is 9.67 Å². The second-order valence-corrected chi connectivity index (χ2v) is 10.8. The van der Waals surface area contributed by atoms with E-state index in [1.165, 1.54) is 28.6 Å². The van der Waals surface area contributed by atoms with E-state index in [-0.39, 0.29) is 19.1 Å². The molecule has 1 unspecified atom stereocenters. The van der Waals surface area contributed by atoms with Crippen molar-refractivity contribution < 1.29 is 22.3 Å². The van der Waals surface area contributed by atoms with E-state index in [0.717, 1.165) is 19.3 Å². The molecule has 6 nitrogen and oxygen atoms in total. The lowest BCUT2D eigenvalue weighted by Crippen LogP contribution is -2.48. The van der Waals surface area contributed by atoms with Gasteiger partial charge in [-0.25, -0.2) is 8.78 Å². The van der Waals surface area contributed by atoms with Crippen LogP contribution in [0.1, 0.15) is 26.2 Å². The van der Waals surface area contributed by atoms with Crippen molar-refractivity contribution in [3.63, 3.8) is 0 Å².